The van der Waals surface area contributed by atoms with Crippen LogP contribution in [0.1, 0.15) is 58.4 Å². The van der Waals surface area contributed by atoms with Crippen LogP contribution in [-0.2, 0) is 21.3 Å². The lowest BCUT2D eigenvalue weighted by Crippen LogP contribution is -2.30. The van der Waals surface area contributed by atoms with Gasteiger partial charge in [0.2, 0.25) is 5.88 Å². The van der Waals surface area contributed by atoms with Crippen molar-refractivity contribution in [3.05, 3.63) is 89.6 Å². The van der Waals surface area contributed by atoms with E-state index in [1.807, 2.05) is 35.1 Å². The molecule has 1 aliphatic carbocycles. The molecule has 38 heavy (non-hydrogen) atoms. The molecule has 4 rings (SSSR count). The molecule has 0 saturated heterocycles. The molecule has 0 radical (unpaired) electrons. The number of ether oxygens (including phenoxy) is 2. The number of amides is 2. The van der Waals surface area contributed by atoms with E-state index in [0.29, 0.717) is 6.54 Å². The third kappa shape index (κ3) is 7.39. The molecule has 2 aromatic carbocycles. The molecule has 0 unspecified atom stereocenters. The van der Waals surface area contributed by atoms with Crippen molar-refractivity contribution in [1.82, 2.24) is 15.0 Å². The second kappa shape index (κ2) is 12.3. The topological polar surface area (TPSA) is 141 Å². The maximum absolute atomic E-state index is 12.7. The van der Waals surface area contributed by atoms with Crippen molar-refractivity contribution in [2.75, 3.05) is 0 Å². The highest BCUT2D eigenvalue weighted by Crippen LogP contribution is 2.21. The zero-order valence-electron chi connectivity index (χ0n) is 20.5. The van der Waals surface area contributed by atoms with Crippen LogP contribution in [0.25, 0.3) is 0 Å². The van der Waals surface area contributed by atoms with E-state index in [0.717, 1.165) is 43.9 Å². The van der Waals surface area contributed by atoms with Crippen LogP contribution >= 0.6 is 0 Å². The van der Waals surface area contributed by atoms with Gasteiger partial charge in [-0.05, 0) is 61.6 Å². The van der Waals surface area contributed by atoms with Crippen LogP contribution in [0.3, 0.4) is 0 Å². The molecule has 1 aromatic heterocycles. The van der Waals surface area contributed by atoms with Gasteiger partial charge in [-0.15, -0.1) is 0 Å². The monoisotopic (exact) mass is 537 g/mol. The minimum absolute atomic E-state index is 0.0570. The normalized spacial score (nSPS) is 13.8. The van der Waals surface area contributed by atoms with Crippen molar-refractivity contribution in [2.45, 2.75) is 49.6 Å². The number of nitrogens with one attached hydrogen (secondary N) is 2. The van der Waals surface area contributed by atoms with Gasteiger partial charge in [0, 0.05) is 24.4 Å². The number of hydrogen-bond donors (Lipinski definition) is 2. The first-order valence-electron chi connectivity index (χ1n) is 12.1. The van der Waals surface area contributed by atoms with E-state index in [1.165, 1.54) is 36.4 Å². The fourth-order valence-electron chi connectivity index (χ4n) is 3.91. The van der Waals surface area contributed by atoms with Crippen LogP contribution in [0.2, 0.25) is 0 Å². The summed E-state index contributed by atoms with van der Waals surface area (Å²) in [7, 11) is -4.22. The first kappa shape index (κ1) is 26.8. The summed E-state index contributed by atoms with van der Waals surface area (Å²) in [5, 5.41) is 2.76. The number of carbonyl (C=O) groups is 3. The molecule has 2 amide bonds. The Balaban J connectivity index is 1.30. The largest absolute Gasteiger partial charge is 0.515 e. The van der Waals surface area contributed by atoms with Crippen molar-refractivity contribution in [3.8, 4) is 5.88 Å². The number of nitrogens with zero attached hydrogens (tertiary/aromatic N) is 1. The van der Waals surface area contributed by atoms with Gasteiger partial charge in [0.1, 0.15) is 6.10 Å². The zero-order valence-corrected chi connectivity index (χ0v) is 21.3. The first-order chi connectivity index (χ1) is 18.3. The Labute approximate surface area is 220 Å². The first-order valence-corrected chi connectivity index (χ1v) is 13.6. The van der Waals surface area contributed by atoms with Crippen molar-refractivity contribution in [1.29, 1.82) is 0 Å². The standard InChI is InChI=1S/C27H27N3O7S/c31-25(29-17-19-7-3-1-4-8-19)20-11-14-23(15-12-20)38(34,35)30-26(32)21-13-16-24(28-18-21)37-27(33)36-22-9-5-2-6-10-22/h1,3-4,7-8,11-16,18,22H,2,5-6,9-10,17H2,(H,29,31)(H,30,32). The highest BCUT2D eigenvalue weighted by atomic mass is 32.2. The minimum Gasteiger partial charge on any atom is -0.431 e. The minimum atomic E-state index is -4.22. The number of carbonyl (C=O) groups excluding carboxylic acids is 3. The second-order valence-electron chi connectivity index (χ2n) is 8.74. The molecule has 0 aliphatic heterocycles. The van der Waals surface area contributed by atoms with Gasteiger partial charge in [-0.3, -0.25) is 9.59 Å². The Kier molecular flexibility index (Phi) is 8.70. The Hall–Kier alpha value is -4.25. The van der Waals surface area contributed by atoms with Gasteiger partial charge in [-0.1, -0.05) is 36.8 Å². The lowest BCUT2D eigenvalue weighted by Gasteiger charge is -2.20. The van der Waals surface area contributed by atoms with Crippen LogP contribution < -0.4 is 14.8 Å². The summed E-state index contributed by atoms with van der Waals surface area (Å²) in [4.78, 5) is 40.5. The van der Waals surface area contributed by atoms with E-state index in [4.69, 9.17) is 9.47 Å². The molecule has 1 aliphatic rings. The molecule has 1 heterocycles. The van der Waals surface area contributed by atoms with Gasteiger partial charge < -0.3 is 14.8 Å². The molecule has 0 atom stereocenters. The van der Waals surface area contributed by atoms with Crippen molar-refractivity contribution >= 4 is 28.0 Å². The van der Waals surface area contributed by atoms with Crippen LogP contribution in [-0.4, -0.2) is 37.5 Å². The molecule has 2 N–H and O–H groups in total. The number of sulfonamides is 1. The van der Waals surface area contributed by atoms with E-state index in [1.54, 1.807) is 0 Å². The molecule has 198 valence electrons. The third-order valence-corrected chi connectivity index (χ3v) is 7.30. The molecule has 0 spiro atoms. The average Bonchev–Trinajstić information content (AvgIpc) is 2.93. The quantitative estimate of drug-likeness (QED) is 0.411. The highest BCUT2D eigenvalue weighted by molar-refractivity contribution is 7.90. The molecular weight excluding hydrogens is 510 g/mol. The van der Waals surface area contributed by atoms with Gasteiger partial charge in [0.25, 0.3) is 21.8 Å². The van der Waals surface area contributed by atoms with E-state index in [2.05, 4.69) is 10.3 Å². The summed E-state index contributed by atoms with van der Waals surface area (Å²) < 4.78 is 37.6. The lowest BCUT2D eigenvalue weighted by atomic mass is 9.98. The third-order valence-electron chi connectivity index (χ3n) is 5.95. The Morgan fingerprint density at radius 1 is 0.842 bits per heavy atom. The summed E-state index contributed by atoms with van der Waals surface area (Å²) in [6.07, 6.45) is 4.74. The second-order valence-corrected chi connectivity index (χ2v) is 10.4. The maximum Gasteiger partial charge on any atom is 0.515 e. The van der Waals surface area contributed by atoms with Crippen molar-refractivity contribution in [2.24, 2.45) is 0 Å². The smallest absolute Gasteiger partial charge is 0.431 e. The molecule has 0 bridgehead atoms. The van der Waals surface area contributed by atoms with E-state index in [-0.39, 0.29) is 33.9 Å². The van der Waals surface area contributed by atoms with Crippen LogP contribution in [0.15, 0.2) is 77.8 Å². The van der Waals surface area contributed by atoms with Gasteiger partial charge in [0.15, 0.2) is 0 Å². The van der Waals surface area contributed by atoms with Gasteiger partial charge in [-0.25, -0.2) is 22.9 Å². The van der Waals surface area contributed by atoms with Crippen molar-refractivity contribution < 1.29 is 32.3 Å². The molecule has 11 heteroatoms. The van der Waals surface area contributed by atoms with Gasteiger partial charge in [0.05, 0.1) is 10.5 Å². The van der Waals surface area contributed by atoms with Gasteiger partial charge >= 0.3 is 6.16 Å². The molecule has 1 fully saturated rings. The molecule has 1 saturated carbocycles. The number of benzene rings is 2. The Morgan fingerprint density at radius 2 is 1.53 bits per heavy atom. The van der Waals surface area contributed by atoms with Crippen molar-refractivity contribution in [3.63, 3.8) is 0 Å². The SMILES string of the molecule is O=C(Oc1ccc(C(=O)NS(=O)(=O)c2ccc(C(=O)NCc3ccccc3)cc2)cn1)OC1CCCCC1. The Morgan fingerprint density at radius 3 is 2.18 bits per heavy atom. The summed E-state index contributed by atoms with van der Waals surface area (Å²) in [6, 6.07) is 17.1. The number of aromatic nitrogens is 1. The zero-order chi connectivity index (χ0) is 27.0. The molecule has 3 aromatic rings. The predicted molar refractivity (Wildman–Crippen MR) is 137 cm³/mol. The number of hydrogen-bond acceptors (Lipinski definition) is 8. The lowest BCUT2D eigenvalue weighted by molar-refractivity contribution is 0.0407. The Bertz CT molecular complexity index is 1370. The maximum atomic E-state index is 12.7. The van der Waals surface area contributed by atoms with E-state index >= 15 is 0 Å². The van der Waals surface area contributed by atoms with Crippen LogP contribution in [0.4, 0.5) is 4.79 Å². The van der Waals surface area contributed by atoms with Crippen LogP contribution in [0, 0.1) is 0 Å². The highest BCUT2D eigenvalue weighted by Gasteiger charge is 2.21. The van der Waals surface area contributed by atoms with Crippen LogP contribution in [0.5, 0.6) is 5.88 Å². The average molecular weight is 538 g/mol. The predicted octanol–water partition coefficient (Wildman–Crippen LogP) is 3.98. The fraction of sp³-hybridized carbons (Fsp3) is 0.259. The number of rotatable bonds is 8. The summed E-state index contributed by atoms with van der Waals surface area (Å²) in [5.41, 5.74) is 1.14. The van der Waals surface area contributed by atoms with E-state index in [9.17, 15) is 22.8 Å². The molecular formula is C27H27N3O7S. The van der Waals surface area contributed by atoms with E-state index < -0.39 is 22.1 Å². The fourth-order valence-corrected chi connectivity index (χ4v) is 4.88. The number of pyridine rings is 1. The summed E-state index contributed by atoms with van der Waals surface area (Å²) >= 11 is 0. The molecule has 10 nitrogen and oxygen atoms in total. The summed E-state index contributed by atoms with van der Waals surface area (Å²) in [5.74, 6) is -1.36. The van der Waals surface area contributed by atoms with Gasteiger partial charge in [-0.2, -0.15) is 0 Å². The summed E-state index contributed by atoms with van der Waals surface area (Å²) in [6.45, 7) is 0.329.